The Bertz CT molecular complexity index is 770. The quantitative estimate of drug-likeness (QED) is 0.609. The summed E-state index contributed by atoms with van der Waals surface area (Å²) in [4.78, 5) is 10.7. The van der Waals surface area contributed by atoms with Crippen LogP contribution in [0.1, 0.15) is 16.8 Å². The highest BCUT2D eigenvalue weighted by molar-refractivity contribution is 7.96. The minimum atomic E-state index is -3.94. The van der Waals surface area contributed by atoms with E-state index in [1.54, 1.807) is 0 Å². The van der Waals surface area contributed by atoms with Gasteiger partial charge < -0.3 is 0 Å². The van der Waals surface area contributed by atoms with E-state index in [9.17, 15) is 26.0 Å². The third kappa shape index (κ3) is 2.87. The molecule has 1 atom stereocenters. The Labute approximate surface area is 120 Å². The maximum absolute atomic E-state index is 13.3. The fourth-order valence-corrected chi connectivity index (χ4v) is 6.56. The summed E-state index contributed by atoms with van der Waals surface area (Å²) in [5, 5.41) is -2.19. The van der Waals surface area contributed by atoms with Gasteiger partial charge in [0.2, 0.25) is 0 Å². The summed E-state index contributed by atoms with van der Waals surface area (Å²) < 4.78 is 60.5. The summed E-state index contributed by atoms with van der Waals surface area (Å²) in [5.74, 6) is -1.58. The van der Waals surface area contributed by atoms with Crippen molar-refractivity contribution in [3.63, 3.8) is 0 Å². The smallest absolute Gasteiger partial charge is 0.255 e. The number of sulfone groups is 2. The molecule has 1 fully saturated rings. The maximum Gasteiger partial charge on any atom is 0.255 e. The van der Waals surface area contributed by atoms with Crippen molar-refractivity contribution in [2.75, 3.05) is 11.5 Å². The first-order valence-corrected chi connectivity index (χ1v) is 9.32. The normalized spacial score (nSPS) is 21.8. The van der Waals surface area contributed by atoms with Crippen LogP contribution in [0, 0.1) is 5.82 Å². The molecule has 1 aromatic carbocycles. The summed E-state index contributed by atoms with van der Waals surface area (Å²) in [7, 11) is -7.31. The highest BCUT2D eigenvalue weighted by Crippen LogP contribution is 2.27. The number of carbonyl (C=O) groups is 1. The molecule has 1 unspecified atom stereocenters. The van der Waals surface area contributed by atoms with Gasteiger partial charge in [0, 0.05) is 0 Å². The topological polar surface area (TPSA) is 85.3 Å². The Morgan fingerprint density at radius 2 is 2.00 bits per heavy atom. The minimum absolute atomic E-state index is 0.00774. The van der Waals surface area contributed by atoms with E-state index in [1.807, 2.05) is 0 Å². The molecule has 0 aliphatic carbocycles. The molecule has 0 aromatic heterocycles. The van der Waals surface area contributed by atoms with Crippen molar-refractivity contribution in [3.8, 4) is 0 Å². The molecule has 0 radical (unpaired) electrons. The van der Waals surface area contributed by atoms with Gasteiger partial charge in [-0.15, -0.1) is 0 Å². The summed E-state index contributed by atoms with van der Waals surface area (Å²) in [6, 6.07) is 2.66. The third-order valence-corrected chi connectivity index (χ3v) is 7.48. The van der Waals surface area contributed by atoms with Crippen LogP contribution in [-0.4, -0.2) is 38.8 Å². The second kappa shape index (κ2) is 5.09. The Hall–Kier alpha value is -0.990. The average Bonchev–Trinajstić information content (AvgIpc) is 2.70. The zero-order chi connectivity index (χ0) is 15.1. The maximum atomic E-state index is 13.3. The molecule has 0 N–H and O–H groups in total. The lowest BCUT2D eigenvalue weighted by Crippen LogP contribution is -2.23. The van der Waals surface area contributed by atoms with Crippen LogP contribution >= 0.6 is 11.6 Å². The molecule has 0 saturated carbocycles. The lowest BCUT2D eigenvalue weighted by atomic mass is 10.2. The third-order valence-electron chi connectivity index (χ3n) is 3.11. The molecule has 2 rings (SSSR count). The van der Waals surface area contributed by atoms with Crippen molar-refractivity contribution in [2.24, 2.45) is 0 Å². The standard InChI is InChI=1S/C11H10ClFO5S2/c12-11(14)9-5-7(1-2-10(9)13)20(17,18)8-3-4-19(15,16)6-8/h1-2,5,8H,3-4,6H2. The SMILES string of the molecule is O=C(Cl)c1cc(S(=O)(=O)C2CCS(=O)(=O)C2)ccc1F. The Kier molecular flexibility index (Phi) is 3.92. The summed E-state index contributed by atoms with van der Waals surface area (Å²) in [5.41, 5.74) is -0.548. The number of hydrogen-bond acceptors (Lipinski definition) is 5. The molecule has 9 heteroatoms. The van der Waals surface area contributed by atoms with Crippen LogP contribution in [-0.2, 0) is 19.7 Å². The highest BCUT2D eigenvalue weighted by Gasteiger charge is 2.38. The van der Waals surface area contributed by atoms with Crippen LogP contribution in [0.15, 0.2) is 23.1 Å². The van der Waals surface area contributed by atoms with E-state index in [2.05, 4.69) is 0 Å². The van der Waals surface area contributed by atoms with Gasteiger partial charge in [-0.25, -0.2) is 21.2 Å². The van der Waals surface area contributed by atoms with Crippen LogP contribution in [0.2, 0.25) is 0 Å². The fraction of sp³-hybridized carbons (Fsp3) is 0.364. The van der Waals surface area contributed by atoms with Gasteiger partial charge in [-0.1, -0.05) is 0 Å². The van der Waals surface area contributed by atoms with Crippen molar-refractivity contribution < 1.29 is 26.0 Å². The largest absolute Gasteiger partial charge is 0.275 e. The van der Waals surface area contributed by atoms with Crippen LogP contribution in [0.4, 0.5) is 4.39 Å². The monoisotopic (exact) mass is 340 g/mol. The minimum Gasteiger partial charge on any atom is -0.275 e. The van der Waals surface area contributed by atoms with Gasteiger partial charge >= 0.3 is 0 Å². The molecule has 1 aliphatic heterocycles. The van der Waals surface area contributed by atoms with E-state index in [0.717, 1.165) is 18.2 Å². The molecule has 0 spiro atoms. The molecule has 0 amide bonds. The van der Waals surface area contributed by atoms with Crippen molar-refractivity contribution >= 4 is 36.5 Å². The van der Waals surface area contributed by atoms with Crippen molar-refractivity contribution in [3.05, 3.63) is 29.6 Å². The summed E-state index contributed by atoms with van der Waals surface area (Å²) in [6.45, 7) is 0. The zero-order valence-electron chi connectivity index (χ0n) is 10.0. The van der Waals surface area contributed by atoms with Gasteiger partial charge in [0.15, 0.2) is 19.7 Å². The highest BCUT2D eigenvalue weighted by atomic mass is 35.5. The first-order chi connectivity index (χ1) is 9.13. The first kappa shape index (κ1) is 15.4. The molecular weight excluding hydrogens is 331 g/mol. The van der Waals surface area contributed by atoms with E-state index in [1.165, 1.54) is 0 Å². The van der Waals surface area contributed by atoms with Crippen molar-refractivity contribution in [1.82, 2.24) is 0 Å². The number of rotatable bonds is 3. The van der Waals surface area contributed by atoms with E-state index < -0.39 is 47.3 Å². The van der Waals surface area contributed by atoms with Gasteiger partial charge in [0.25, 0.3) is 5.24 Å². The molecule has 110 valence electrons. The summed E-state index contributed by atoms with van der Waals surface area (Å²) in [6.07, 6.45) is -0.00774. The fourth-order valence-electron chi connectivity index (χ4n) is 2.03. The van der Waals surface area contributed by atoms with Gasteiger partial charge in [-0.05, 0) is 36.2 Å². The molecule has 5 nitrogen and oxygen atoms in total. The van der Waals surface area contributed by atoms with Gasteiger partial charge in [-0.3, -0.25) is 4.79 Å². The molecular formula is C11H10ClFO5S2. The molecule has 1 aliphatic rings. The van der Waals surface area contributed by atoms with E-state index in [4.69, 9.17) is 11.6 Å². The molecule has 1 heterocycles. The lowest BCUT2D eigenvalue weighted by Gasteiger charge is -2.10. The number of carbonyl (C=O) groups excluding carboxylic acids is 1. The van der Waals surface area contributed by atoms with Crippen LogP contribution in [0.3, 0.4) is 0 Å². The summed E-state index contributed by atoms with van der Waals surface area (Å²) >= 11 is 5.17. The van der Waals surface area contributed by atoms with Crippen LogP contribution in [0.25, 0.3) is 0 Å². The van der Waals surface area contributed by atoms with Crippen LogP contribution in [0.5, 0.6) is 0 Å². The molecule has 1 saturated heterocycles. The molecule has 20 heavy (non-hydrogen) atoms. The van der Waals surface area contributed by atoms with Crippen LogP contribution < -0.4 is 0 Å². The second-order valence-corrected chi connectivity index (χ2v) is 9.29. The van der Waals surface area contributed by atoms with E-state index in [-0.39, 0.29) is 17.1 Å². The predicted molar refractivity (Wildman–Crippen MR) is 70.8 cm³/mol. The van der Waals surface area contributed by atoms with Gasteiger partial charge in [0.1, 0.15) is 5.82 Å². The van der Waals surface area contributed by atoms with Crippen molar-refractivity contribution in [2.45, 2.75) is 16.6 Å². The van der Waals surface area contributed by atoms with Gasteiger partial charge in [0.05, 0.1) is 27.2 Å². The number of halogens is 2. The van der Waals surface area contributed by atoms with Crippen molar-refractivity contribution in [1.29, 1.82) is 0 Å². The molecule has 1 aromatic rings. The van der Waals surface area contributed by atoms with E-state index >= 15 is 0 Å². The second-order valence-electron chi connectivity index (χ2n) is 4.49. The number of benzene rings is 1. The van der Waals surface area contributed by atoms with Gasteiger partial charge in [-0.2, -0.15) is 0 Å². The Morgan fingerprint density at radius 3 is 2.50 bits per heavy atom. The first-order valence-electron chi connectivity index (χ1n) is 5.57. The average molecular weight is 341 g/mol. The number of hydrogen-bond donors (Lipinski definition) is 0. The Balaban J connectivity index is 2.46. The molecule has 0 bridgehead atoms. The predicted octanol–water partition coefficient (Wildman–Crippen LogP) is 1.17. The zero-order valence-corrected chi connectivity index (χ0v) is 12.4. The lowest BCUT2D eigenvalue weighted by molar-refractivity contribution is 0.107. The van der Waals surface area contributed by atoms with E-state index in [0.29, 0.717) is 0 Å². The Morgan fingerprint density at radius 1 is 1.35 bits per heavy atom.